The summed E-state index contributed by atoms with van der Waals surface area (Å²) in [5, 5.41) is 5.63. The van der Waals surface area contributed by atoms with E-state index in [1.54, 1.807) is 11.9 Å². The van der Waals surface area contributed by atoms with E-state index in [0.29, 0.717) is 10.9 Å². The first-order valence-corrected chi connectivity index (χ1v) is 8.11. The molecule has 112 valence electrons. The van der Waals surface area contributed by atoms with E-state index in [2.05, 4.69) is 5.16 Å². The maximum atomic E-state index is 11.9. The van der Waals surface area contributed by atoms with Gasteiger partial charge in [-0.15, -0.1) is 22.7 Å². The van der Waals surface area contributed by atoms with Crippen molar-refractivity contribution in [3.63, 3.8) is 0 Å². The highest BCUT2D eigenvalue weighted by Crippen LogP contribution is 2.22. The number of thiophene rings is 2. The molecule has 2 N–H and O–H groups in total. The number of carbonyl (C=O) groups excluding carboxylic acids is 1. The third kappa shape index (κ3) is 4.73. The molecule has 0 fully saturated rings. The summed E-state index contributed by atoms with van der Waals surface area (Å²) in [4.78, 5) is 20.3. The maximum absolute atomic E-state index is 11.9. The molecule has 8 heteroatoms. The summed E-state index contributed by atoms with van der Waals surface area (Å²) in [5.41, 5.74) is 5.73. The third-order valence-electron chi connectivity index (χ3n) is 2.57. The number of amidine groups is 1. The highest BCUT2D eigenvalue weighted by molar-refractivity contribution is 7.16. The van der Waals surface area contributed by atoms with Crippen LogP contribution in [0.4, 0.5) is 0 Å². The van der Waals surface area contributed by atoms with Gasteiger partial charge in [0.1, 0.15) is 0 Å². The van der Waals surface area contributed by atoms with Crippen molar-refractivity contribution < 1.29 is 9.63 Å². The number of amides is 1. The Hall–Kier alpha value is -1.57. The van der Waals surface area contributed by atoms with E-state index < -0.39 is 0 Å². The molecule has 0 spiro atoms. The monoisotopic (exact) mass is 343 g/mol. The Morgan fingerprint density at radius 3 is 2.90 bits per heavy atom. The summed E-state index contributed by atoms with van der Waals surface area (Å²) in [6, 6.07) is 7.40. The number of halogens is 1. The van der Waals surface area contributed by atoms with Crippen LogP contribution < -0.4 is 5.73 Å². The molecule has 2 rings (SSSR count). The summed E-state index contributed by atoms with van der Waals surface area (Å²) in [5.74, 6) is 0.0905. The second-order valence-electron chi connectivity index (χ2n) is 4.18. The quantitative estimate of drug-likeness (QED) is 0.498. The summed E-state index contributed by atoms with van der Waals surface area (Å²) in [7, 11) is 1.70. The molecule has 0 bridgehead atoms. The molecule has 0 aliphatic rings. The highest BCUT2D eigenvalue weighted by atomic mass is 35.5. The molecular formula is C13H14ClN3O2S2. The van der Waals surface area contributed by atoms with Gasteiger partial charge in [-0.05, 0) is 23.6 Å². The first kappa shape index (κ1) is 15.8. The van der Waals surface area contributed by atoms with Gasteiger partial charge in [-0.25, -0.2) is 0 Å². The van der Waals surface area contributed by atoms with Gasteiger partial charge in [-0.2, -0.15) is 0 Å². The molecule has 0 saturated heterocycles. The van der Waals surface area contributed by atoms with Gasteiger partial charge in [0.05, 0.1) is 15.8 Å². The Morgan fingerprint density at radius 1 is 1.48 bits per heavy atom. The van der Waals surface area contributed by atoms with Crippen LogP contribution in [0.5, 0.6) is 0 Å². The first-order chi connectivity index (χ1) is 10.1. The average Bonchev–Trinajstić information content (AvgIpc) is 3.10. The van der Waals surface area contributed by atoms with Crippen molar-refractivity contribution >= 4 is 46.0 Å². The number of nitrogens with two attached hydrogens (primary N) is 1. The van der Waals surface area contributed by atoms with Gasteiger partial charge in [0.25, 0.3) is 5.91 Å². The van der Waals surface area contributed by atoms with Crippen LogP contribution in [-0.4, -0.2) is 30.3 Å². The molecule has 2 heterocycles. The van der Waals surface area contributed by atoms with Gasteiger partial charge in [0.2, 0.25) is 0 Å². The SMILES string of the molecule is CN(Cc1ccc(Cl)s1)C(=O)CO/N=C(\N)c1cccs1. The lowest BCUT2D eigenvalue weighted by Crippen LogP contribution is -2.29. The Morgan fingerprint density at radius 2 is 2.29 bits per heavy atom. The van der Waals surface area contributed by atoms with Crippen LogP contribution in [0.3, 0.4) is 0 Å². The number of hydrogen-bond donors (Lipinski definition) is 1. The van der Waals surface area contributed by atoms with Crippen molar-refractivity contribution in [2.45, 2.75) is 6.54 Å². The smallest absolute Gasteiger partial charge is 0.263 e. The fraction of sp³-hybridized carbons (Fsp3) is 0.231. The van der Waals surface area contributed by atoms with Crippen molar-refractivity contribution in [3.05, 3.63) is 43.7 Å². The van der Waals surface area contributed by atoms with Crippen LogP contribution in [0.1, 0.15) is 9.75 Å². The summed E-state index contributed by atoms with van der Waals surface area (Å²) >= 11 is 8.75. The number of oxime groups is 1. The zero-order valence-corrected chi connectivity index (χ0v) is 13.7. The molecule has 0 unspecified atom stereocenters. The number of nitrogens with zero attached hydrogens (tertiary/aromatic N) is 2. The Kier molecular flexibility index (Phi) is 5.60. The largest absolute Gasteiger partial charge is 0.384 e. The van der Waals surface area contributed by atoms with E-state index >= 15 is 0 Å². The standard InChI is InChI=1S/C13H14ClN3O2S2/c1-17(7-9-4-5-11(14)21-9)12(18)8-19-16-13(15)10-3-2-6-20-10/h2-6H,7-8H2,1H3,(H2,15,16). The second-order valence-corrected chi connectivity index (χ2v) is 6.93. The molecular weight excluding hydrogens is 330 g/mol. The molecule has 0 radical (unpaired) electrons. The van der Waals surface area contributed by atoms with E-state index in [1.807, 2.05) is 29.6 Å². The highest BCUT2D eigenvalue weighted by Gasteiger charge is 2.11. The predicted molar refractivity (Wildman–Crippen MR) is 86.8 cm³/mol. The molecule has 2 aromatic heterocycles. The van der Waals surface area contributed by atoms with E-state index in [0.717, 1.165) is 9.75 Å². The Bertz CT molecular complexity index is 625. The lowest BCUT2D eigenvalue weighted by molar-refractivity contribution is -0.135. The van der Waals surface area contributed by atoms with E-state index in [9.17, 15) is 4.79 Å². The average molecular weight is 344 g/mol. The van der Waals surface area contributed by atoms with Crippen molar-refractivity contribution in [2.75, 3.05) is 13.7 Å². The normalized spacial score (nSPS) is 11.4. The third-order valence-corrected chi connectivity index (χ3v) is 4.68. The minimum atomic E-state index is -0.178. The Balaban J connectivity index is 1.80. The molecule has 0 atom stereocenters. The van der Waals surface area contributed by atoms with E-state index in [-0.39, 0.29) is 18.3 Å². The molecule has 0 aliphatic heterocycles. The zero-order valence-electron chi connectivity index (χ0n) is 11.3. The van der Waals surface area contributed by atoms with E-state index in [4.69, 9.17) is 22.2 Å². The molecule has 0 aliphatic carbocycles. The van der Waals surface area contributed by atoms with Crippen LogP contribution in [0.2, 0.25) is 4.34 Å². The molecule has 0 aromatic carbocycles. The fourth-order valence-electron chi connectivity index (χ4n) is 1.50. The van der Waals surface area contributed by atoms with Gasteiger partial charge in [0.15, 0.2) is 12.4 Å². The lowest BCUT2D eigenvalue weighted by atomic mass is 10.4. The van der Waals surface area contributed by atoms with Crippen molar-refractivity contribution in [2.24, 2.45) is 10.9 Å². The number of likely N-dealkylation sites (N-methyl/N-ethyl adjacent to an activating group) is 1. The van der Waals surface area contributed by atoms with Crippen LogP contribution >= 0.6 is 34.3 Å². The Labute approximate surface area is 135 Å². The van der Waals surface area contributed by atoms with Crippen LogP contribution in [0, 0.1) is 0 Å². The summed E-state index contributed by atoms with van der Waals surface area (Å²) in [6.45, 7) is 0.339. The summed E-state index contributed by atoms with van der Waals surface area (Å²) < 4.78 is 0.704. The minimum Gasteiger partial charge on any atom is -0.384 e. The van der Waals surface area contributed by atoms with Crippen LogP contribution in [-0.2, 0) is 16.2 Å². The summed E-state index contributed by atoms with van der Waals surface area (Å²) in [6.07, 6.45) is 0. The predicted octanol–water partition coefficient (Wildman–Crippen LogP) is 2.76. The van der Waals surface area contributed by atoms with Crippen LogP contribution in [0.25, 0.3) is 0 Å². The molecule has 0 saturated carbocycles. The topological polar surface area (TPSA) is 67.9 Å². The lowest BCUT2D eigenvalue weighted by Gasteiger charge is -2.15. The maximum Gasteiger partial charge on any atom is 0.263 e. The molecule has 1 amide bonds. The van der Waals surface area contributed by atoms with Gasteiger partial charge >= 0.3 is 0 Å². The van der Waals surface area contributed by atoms with Crippen LogP contribution in [0.15, 0.2) is 34.8 Å². The van der Waals surface area contributed by atoms with E-state index in [1.165, 1.54) is 22.7 Å². The van der Waals surface area contributed by atoms with Gasteiger partial charge < -0.3 is 15.5 Å². The number of carbonyl (C=O) groups is 1. The first-order valence-electron chi connectivity index (χ1n) is 6.03. The van der Waals surface area contributed by atoms with Crippen molar-refractivity contribution in [3.8, 4) is 0 Å². The zero-order chi connectivity index (χ0) is 15.2. The minimum absolute atomic E-state index is 0.151. The fourth-order valence-corrected chi connectivity index (χ4v) is 3.26. The van der Waals surface area contributed by atoms with Crippen molar-refractivity contribution in [1.82, 2.24) is 4.90 Å². The molecule has 2 aromatic rings. The number of rotatable bonds is 6. The van der Waals surface area contributed by atoms with Gasteiger partial charge in [0, 0.05) is 11.9 Å². The number of hydrogen-bond acceptors (Lipinski definition) is 5. The molecule has 21 heavy (non-hydrogen) atoms. The van der Waals surface area contributed by atoms with Gasteiger partial charge in [-0.3, -0.25) is 4.79 Å². The second kappa shape index (κ2) is 7.44. The molecule has 5 nitrogen and oxygen atoms in total. The van der Waals surface area contributed by atoms with Crippen molar-refractivity contribution in [1.29, 1.82) is 0 Å². The van der Waals surface area contributed by atoms with Gasteiger partial charge in [-0.1, -0.05) is 22.8 Å².